The van der Waals surface area contributed by atoms with Gasteiger partial charge in [-0.05, 0) is 60.9 Å². The highest BCUT2D eigenvalue weighted by atomic mass is 32.1. The molecule has 1 amide bonds. The van der Waals surface area contributed by atoms with E-state index < -0.39 is 5.41 Å². The van der Waals surface area contributed by atoms with Crippen molar-refractivity contribution >= 4 is 17.2 Å². The zero-order chi connectivity index (χ0) is 21.4. The van der Waals surface area contributed by atoms with E-state index in [1.807, 2.05) is 46.7 Å². The molecule has 6 nitrogen and oxygen atoms in total. The first-order chi connectivity index (χ1) is 15.1. The van der Waals surface area contributed by atoms with Crippen LogP contribution in [0.3, 0.4) is 0 Å². The molecule has 5 rings (SSSR count). The lowest BCUT2D eigenvalue weighted by Crippen LogP contribution is -2.47. The Balaban J connectivity index is 1.38. The molecule has 2 aromatic heterocycles. The smallest absolute Gasteiger partial charge is 0.267 e. The van der Waals surface area contributed by atoms with Crippen LogP contribution in [-0.4, -0.2) is 40.8 Å². The molecule has 160 valence electrons. The molecule has 1 aromatic carbocycles. The van der Waals surface area contributed by atoms with E-state index in [2.05, 4.69) is 5.10 Å². The van der Waals surface area contributed by atoms with E-state index in [4.69, 9.17) is 4.74 Å². The first-order valence-electron chi connectivity index (χ1n) is 10.7. The van der Waals surface area contributed by atoms with Crippen molar-refractivity contribution < 1.29 is 9.53 Å². The summed E-state index contributed by atoms with van der Waals surface area (Å²) in [5.74, 6) is 0.964. The van der Waals surface area contributed by atoms with Crippen LogP contribution in [0.4, 0.5) is 0 Å². The Morgan fingerprint density at radius 1 is 1.16 bits per heavy atom. The molecule has 2 aliphatic rings. The molecule has 1 saturated carbocycles. The number of ether oxygens (including phenoxy) is 1. The number of nitrogens with zero attached hydrogens (tertiary/aromatic N) is 3. The second kappa shape index (κ2) is 7.96. The van der Waals surface area contributed by atoms with E-state index >= 15 is 0 Å². The van der Waals surface area contributed by atoms with Crippen molar-refractivity contribution in [2.75, 3.05) is 20.2 Å². The summed E-state index contributed by atoms with van der Waals surface area (Å²) in [6.45, 7) is 1.25. The zero-order valence-corrected chi connectivity index (χ0v) is 18.3. The third-order valence-electron chi connectivity index (χ3n) is 6.43. The summed E-state index contributed by atoms with van der Waals surface area (Å²) in [7, 11) is 1.64. The molecule has 31 heavy (non-hydrogen) atoms. The van der Waals surface area contributed by atoms with Crippen LogP contribution in [0, 0.1) is 0 Å². The van der Waals surface area contributed by atoms with E-state index in [1.54, 1.807) is 35.3 Å². The quantitative estimate of drug-likeness (QED) is 0.610. The molecule has 0 radical (unpaired) electrons. The normalized spacial score (nSPS) is 19.8. The number of methoxy groups -OCH3 is 1. The number of aromatic nitrogens is 2. The molecule has 1 aliphatic heterocycles. The topological polar surface area (TPSA) is 64.4 Å². The average molecular weight is 436 g/mol. The van der Waals surface area contributed by atoms with Gasteiger partial charge in [-0.2, -0.15) is 5.10 Å². The highest BCUT2D eigenvalue weighted by Gasteiger charge is 2.53. The highest BCUT2D eigenvalue weighted by Crippen LogP contribution is 2.50. The van der Waals surface area contributed by atoms with Gasteiger partial charge in [0.15, 0.2) is 0 Å². The fourth-order valence-corrected chi connectivity index (χ4v) is 5.24. The van der Waals surface area contributed by atoms with Crippen molar-refractivity contribution in [2.24, 2.45) is 0 Å². The van der Waals surface area contributed by atoms with E-state index in [1.165, 1.54) is 0 Å². The third-order valence-corrected chi connectivity index (χ3v) is 7.32. The molecule has 1 unspecified atom stereocenters. The van der Waals surface area contributed by atoms with Crippen LogP contribution >= 0.6 is 11.3 Å². The van der Waals surface area contributed by atoms with Crippen LogP contribution in [-0.2, 0) is 10.2 Å². The molecular formula is C24H25N3O3S. The van der Waals surface area contributed by atoms with E-state index in [0.717, 1.165) is 54.1 Å². The minimum Gasteiger partial charge on any atom is -0.497 e. The van der Waals surface area contributed by atoms with Gasteiger partial charge in [-0.25, -0.2) is 4.68 Å². The van der Waals surface area contributed by atoms with Crippen LogP contribution in [0.25, 0.3) is 10.6 Å². The lowest BCUT2D eigenvalue weighted by atomic mass is 9.92. The molecule has 1 atom stereocenters. The van der Waals surface area contributed by atoms with E-state index in [0.29, 0.717) is 6.54 Å². The summed E-state index contributed by atoms with van der Waals surface area (Å²) in [4.78, 5) is 29.1. The number of piperidine rings is 1. The largest absolute Gasteiger partial charge is 0.497 e. The molecule has 0 N–H and O–H groups in total. The number of benzene rings is 1. The maximum atomic E-state index is 13.5. The van der Waals surface area contributed by atoms with Gasteiger partial charge < -0.3 is 9.64 Å². The van der Waals surface area contributed by atoms with Crippen molar-refractivity contribution in [1.82, 2.24) is 14.7 Å². The van der Waals surface area contributed by atoms with Crippen molar-refractivity contribution in [2.45, 2.75) is 37.1 Å². The van der Waals surface area contributed by atoms with Crippen molar-refractivity contribution in [3.63, 3.8) is 0 Å². The summed E-state index contributed by atoms with van der Waals surface area (Å²) in [6, 6.07) is 15.1. The Bertz CT molecular complexity index is 1130. The van der Waals surface area contributed by atoms with E-state index in [-0.39, 0.29) is 17.5 Å². The van der Waals surface area contributed by atoms with E-state index in [9.17, 15) is 9.59 Å². The number of carbonyl (C=O) groups is 1. The number of thiophene rings is 1. The highest BCUT2D eigenvalue weighted by molar-refractivity contribution is 7.13. The number of likely N-dealkylation sites (tertiary alicyclic amines) is 1. The third kappa shape index (κ3) is 3.67. The lowest BCUT2D eigenvalue weighted by Gasteiger charge is -2.35. The Labute approximate surface area is 185 Å². The first kappa shape index (κ1) is 20.0. The van der Waals surface area contributed by atoms with Gasteiger partial charge in [0, 0.05) is 19.2 Å². The van der Waals surface area contributed by atoms with Crippen molar-refractivity contribution in [3.05, 3.63) is 69.8 Å². The number of hydrogen-bond donors (Lipinski definition) is 0. The van der Waals surface area contributed by atoms with Gasteiger partial charge in [-0.15, -0.1) is 11.3 Å². The maximum Gasteiger partial charge on any atom is 0.267 e. The van der Waals surface area contributed by atoms with Crippen molar-refractivity contribution in [1.29, 1.82) is 0 Å². The zero-order valence-electron chi connectivity index (χ0n) is 17.5. The van der Waals surface area contributed by atoms with Gasteiger partial charge >= 0.3 is 0 Å². The number of rotatable bonds is 5. The molecule has 0 spiro atoms. The summed E-state index contributed by atoms with van der Waals surface area (Å²) in [5.41, 5.74) is 1.31. The molecule has 1 aliphatic carbocycles. The predicted octanol–water partition coefficient (Wildman–Crippen LogP) is 3.88. The summed E-state index contributed by atoms with van der Waals surface area (Å²) in [6.07, 6.45) is 3.45. The summed E-state index contributed by atoms with van der Waals surface area (Å²) < 4.78 is 6.84. The molecular weight excluding hydrogens is 410 g/mol. The van der Waals surface area contributed by atoms with Crippen LogP contribution < -0.4 is 10.3 Å². The Kier molecular flexibility index (Phi) is 5.14. The predicted molar refractivity (Wildman–Crippen MR) is 121 cm³/mol. The fourth-order valence-electron chi connectivity index (χ4n) is 4.55. The summed E-state index contributed by atoms with van der Waals surface area (Å²) in [5, 5.41) is 6.65. The van der Waals surface area contributed by atoms with Crippen LogP contribution in [0.1, 0.15) is 37.3 Å². The van der Waals surface area contributed by atoms with Crippen LogP contribution in [0.5, 0.6) is 5.75 Å². The second-order valence-electron chi connectivity index (χ2n) is 8.34. The first-order valence-corrected chi connectivity index (χ1v) is 11.6. The minimum absolute atomic E-state index is 0.100. The molecule has 2 fully saturated rings. The lowest BCUT2D eigenvalue weighted by molar-refractivity contribution is -0.135. The maximum absolute atomic E-state index is 13.5. The van der Waals surface area contributed by atoms with Gasteiger partial charge in [0.2, 0.25) is 5.91 Å². The summed E-state index contributed by atoms with van der Waals surface area (Å²) >= 11 is 1.60. The number of hydrogen-bond acceptors (Lipinski definition) is 5. The minimum atomic E-state index is -0.425. The molecule has 3 heterocycles. The number of carbonyl (C=O) groups excluding carboxylic acids is 1. The van der Waals surface area contributed by atoms with Gasteiger partial charge in [-0.3, -0.25) is 9.59 Å². The van der Waals surface area contributed by atoms with Crippen LogP contribution in [0.15, 0.2) is 58.7 Å². The average Bonchev–Trinajstić information content (AvgIpc) is 3.45. The number of amides is 1. The monoisotopic (exact) mass is 435 g/mol. The SMILES string of the molecule is COc1ccc(C2(C(=O)N3CCCC(n4nc(-c5cccs5)ccc4=O)C3)CC2)cc1. The van der Waals surface area contributed by atoms with Crippen molar-refractivity contribution in [3.8, 4) is 16.3 Å². The van der Waals surface area contributed by atoms with Gasteiger partial charge in [0.25, 0.3) is 5.56 Å². The second-order valence-corrected chi connectivity index (χ2v) is 9.28. The Hall–Kier alpha value is -2.93. The Morgan fingerprint density at radius 2 is 1.97 bits per heavy atom. The molecule has 0 bridgehead atoms. The van der Waals surface area contributed by atoms with Gasteiger partial charge in [0.1, 0.15) is 11.4 Å². The Morgan fingerprint density at radius 3 is 2.65 bits per heavy atom. The molecule has 1 saturated heterocycles. The fraction of sp³-hybridized carbons (Fsp3) is 0.375. The van der Waals surface area contributed by atoms with Gasteiger partial charge in [-0.1, -0.05) is 18.2 Å². The van der Waals surface area contributed by atoms with Gasteiger partial charge in [0.05, 0.1) is 23.4 Å². The van der Waals surface area contributed by atoms with Crippen LogP contribution in [0.2, 0.25) is 0 Å². The molecule has 3 aromatic rings. The standard InChI is InChI=1S/C24H25N3O3S/c1-30-19-8-6-17(7-9-19)24(12-13-24)23(29)26-14-2-4-18(16-26)27-22(28)11-10-20(25-27)21-5-3-15-31-21/h3,5-11,15,18H,2,4,12-14,16H2,1H3. The molecule has 7 heteroatoms.